The van der Waals surface area contributed by atoms with Crippen LogP contribution in [-0.2, 0) is 24.3 Å². The third kappa shape index (κ3) is 4.04. The quantitative estimate of drug-likeness (QED) is 0.699. The summed E-state index contributed by atoms with van der Waals surface area (Å²) in [5, 5.41) is 0. The fraction of sp³-hybridized carbons (Fsp3) is 0.933. The van der Waals surface area contributed by atoms with Gasteiger partial charge in [0.2, 0.25) is 15.9 Å². The average molecular weight is 346 g/mol. The number of ether oxygens (including phenoxy) is 2. The van der Waals surface area contributed by atoms with Gasteiger partial charge in [0.05, 0.1) is 19.0 Å². The first-order valence-electron chi connectivity index (χ1n) is 8.38. The Morgan fingerprint density at radius 1 is 1.04 bits per heavy atom. The van der Waals surface area contributed by atoms with Gasteiger partial charge in [0.1, 0.15) is 0 Å². The molecule has 0 aliphatic carbocycles. The predicted molar refractivity (Wildman–Crippen MR) is 84.4 cm³/mol. The molecule has 132 valence electrons. The highest BCUT2D eigenvalue weighted by Gasteiger charge is 2.38. The molecule has 7 nitrogen and oxygen atoms in total. The van der Waals surface area contributed by atoms with Gasteiger partial charge < -0.3 is 14.4 Å². The Kier molecular flexibility index (Phi) is 5.25. The van der Waals surface area contributed by atoms with E-state index in [0.29, 0.717) is 46.0 Å². The van der Waals surface area contributed by atoms with E-state index in [-0.39, 0.29) is 23.8 Å². The topological polar surface area (TPSA) is 76.2 Å². The third-order valence-corrected chi connectivity index (χ3v) is 6.43. The van der Waals surface area contributed by atoms with Crippen molar-refractivity contribution < 1.29 is 22.7 Å². The number of likely N-dealkylation sites (tertiary alicyclic amines) is 1. The van der Waals surface area contributed by atoms with Gasteiger partial charge >= 0.3 is 0 Å². The van der Waals surface area contributed by atoms with Crippen LogP contribution in [0.1, 0.15) is 19.3 Å². The van der Waals surface area contributed by atoms with Crippen LogP contribution < -0.4 is 0 Å². The van der Waals surface area contributed by atoms with Gasteiger partial charge in [-0.25, -0.2) is 8.42 Å². The average Bonchev–Trinajstić information content (AvgIpc) is 2.76. The molecule has 3 saturated heterocycles. The maximum atomic E-state index is 12.6. The van der Waals surface area contributed by atoms with Crippen molar-refractivity contribution in [2.75, 3.05) is 52.3 Å². The largest absolute Gasteiger partial charge is 0.381 e. The van der Waals surface area contributed by atoms with Gasteiger partial charge in [-0.05, 0) is 19.3 Å². The summed E-state index contributed by atoms with van der Waals surface area (Å²) in [5.41, 5.74) is 0. The van der Waals surface area contributed by atoms with Crippen molar-refractivity contribution in [3.8, 4) is 0 Å². The first kappa shape index (κ1) is 17.1. The second-order valence-corrected chi connectivity index (χ2v) is 8.73. The Morgan fingerprint density at radius 3 is 2.48 bits per heavy atom. The van der Waals surface area contributed by atoms with Gasteiger partial charge in [0.15, 0.2) is 0 Å². The lowest BCUT2D eigenvalue weighted by Crippen LogP contribution is -2.51. The summed E-state index contributed by atoms with van der Waals surface area (Å²) in [5.74, 6) is 0.448. The maximum absolute atomic E-state index is 12.6. The summed E-state index contributed by atoms with van der Waals surface area (Å²) < 4.78 is 36.3. The highest BCUT2D eigenvalue weighted by Crippen LogP contribution is 2.27. The molecule has 3 aliphatic rings. The van der Waals surface area contributed by atoms with E-state index >= 15 is 0 Å². The van der Waals surface area contributed by atoms with Crippen LogP contribution in [0, 0.1) is 11.8 Å². The molecular formula is C15H26N2O5S. The first-order chi connectivity index (χ1) is 10.9. The number of rotatable bonds is 2. The zero-order valence-corrected chi connectivity index (χ0v) is 14.5. The molecule has 23 heavy (non-hydrogen) atoms. The van der Waals surface area contributed by atoms with Gasteiger partial charge in [-0.3, -0.25) is 4.79 Å². The molecule has 0 bridgehead atoms. The Bertz CT molecular complexity index is 532. The summed E-state index contributed by atoms with van der Waals surface area (Å²) in [4.78, 5) is 14.6. The van der Waals surface area contributed by atoms with Gasteiger partial charge in [-0.15, -0.1) is 0 Å². The number of amides is 1. The normalized spacial score (nSPS) is 31.4. The van der Waals surface area contributed by atoms with Gasteiger partial charge in [0, 0.05) is 51.2 Å². The number of sulfonamides is 1. The second kappa shape index (κ2) is 7.04. The molecule has 0 aromatic rings. The van der Waals surface area contributed by atoms with E-state index < -0.39 is 10.0 Å². The van der Waals surface area contributed by atoms with Crippen molar-refractivity contribution in [2.45, 2.75) is 25.4 Å². The second-order valence-electron chi connectivity index (χ2n) is 6.75. The van der Waals surface area contributed by atoms with E-state index in [1.54, 1.807) is 0 Å². The van der Waals surface area contributed by atoms with Crippen molar-refractivity contribution in [3.05, 3.63) is 0 Å². The fourth-order valence-electron chi connectivity index (χ4n) is 3.73. The standard InChI is InChI=1S/C15H26N2O5S/c1-23(19,20)17-6-9-22-14-11-16(5-2-13(14)10-17)15(18)12-3-7-21-8-4-12/h12-14H,2-11H2,1H3/t13-,14+/m1/s1. The third-order valence-electron chi connectivity index (χ3n) is 5.16. The van der Waals surface area contributed by atoms with Crippen LogP contribution in [0.15, 0.2) is 0 Å². The lowest BCUT2D eigenvalue weighted by molar-refractivity contribution is -0.144. The Hall–Kier alpha value is -0.700. The molecule has 8 heteroatoms. The molecule has 2 atom stereocenters. The molecule has 0 saturated carbocycles. The molecule has 0 aromatic carbocycles. The Morgan fingerprint density at radius 2 is 1.78 bits per heavy atom. The highest BCUT2D eigenvalue weighted by molar-refractivity contribution is 7.88. The van der Waals surface area contributed by atoms with Gasteiger partial charge in [-0.2, -0.15) is 4.31 Å². The summed E-state index contributed by atoms with van der Waals surface area (Å²) in [6.07, 6.45) is 3.58. The van der Waals surface area contributed by atoms with E-state index in [1.165, 1.54) is 10.6 Å². The summed E-state index contributed by atoms with van der Waals surface area (Å²) in [6.45, 7) is 3.90. The van der Waals surface area contributed by atoms with Crippen LogP contribution in [0.5, 0.6) is 0 Å². The van der Waals surface area contributed by atoms with Gasteiger partial charge in [-0.1, -0.05) is 0 Å². The Labute approximate surface area is 138 Å². The maximum Gasteiger partial charge on any atom is 0.225 e. The number of piperidine rings is 1. The van der Waals surface area contributed by atoms with Crippen LogP contribution in [0.3, 0.4) is 0 Å². The summed E-state index contributed by atoms with van der Waals surface area (Å²) >= 11 is 0. The van der Waals surface area contributed by atoms with E-state index in [4.69, 9.17) is 9.47 Å². The van der Waals surface area contributed by atoms with Crippen molar-refractivity contribution in [3.63, 3.8) is 0 Å². The van der Waals surface area contributed by atoms with Crippen molar-refractivity contribution in [2.24, 2.45) is 11.8 Å². The van der Waals surface area contributed by atoms with Crippen molar-refractivity contribution >= 4 is 15.9 Å². The number of fused-ring (bicyclic) bond motifs is 1. The smallest absolute Gasteiger partial charge is 0.225 e. The van der Waals surface area contributed by atoms with E-state index in [0.717, 1.165) is 19.3 Å². The first-order valence-corrected chi connectivity index (χ1v) is 10.2. The lowest BCUT2D eigenvalue weighted by atomic mass is 9.91. The van der Waals surface area contributed by atoms with Crippen molar-refractivity contribution in [1.29, 1.82) is 0 Å². The lowest BCUT2D eigenvalue weighted by Gasteiger charge is -2.39. The zero-order valence-electron chi connectivity index (χ0n) is 13.6. The monoisotopic (exact) mass is 346 g/mol. The molecule has 3 aliphatic heterocycles. The predicted octanol–water partition coefficient (Wildman–Crippen LogP) is -0.0781. The van der Waals surface area contributed by atoms with Crippen molar-refractivity contribution in [1.82, 2.24) is 9.21 Å². The zero-order chi connectivity index (χ0) is 16.4. The molecule has 3 rings (SSSR count). The van der Waals surface area contributed by atoms with E-state index in [9.17, 15) is 13.2 Å². The Balaban J connectivity index is 1.61. The minimum absolute atomic E-state index is 0.0562. The summed E-state index contributed by atoms with van der Waals surface area (Å²) in [6, 6.07) is 0. The number of hydrogen-bond acceptors (Lipinski definition) is 5. The molecule has 0 unspecified atom stereocenters. The molecule has 0 spiro atoms. The SMILES string of the molecule is CS(=O)(=O)N1CCO[C@H]2CN(C(=O)C3CCOCC3)CC[C@@H]2C1. The number of carbonyl (C=O) groups is 1. The van der Waals surface area contributed by atoms with Crippen LogP contribution in [0.25, 0.3) is 0 Å². The van der Waals surface area contributed by atoms with Gasteiger partial charge in [0.25, 0.3) is 0 Å². The minimum Gasteiger partial charge on any atom is -0.381 e. The van der Waals surface area contributed by atoms with Crippen LogP contribution in [0.4, 0.5) is 0 Å². The van der Waals surface area contributed by atoms with Crippen LogP contribution in [-0.4, -0.2) is 81.9 Å². The van der Waals surface area contributed by atoms with Crippen LogP contribution in [0.2, 0.25) is 0 Å². The van der Waals surface area contributed by atoms with Crippen LogP contribution >= 0.6 is 0 Å². The molecular weight excluding hydrogens is 320 g/mol. The molecule has 3 heterocycles. The molecule has 1 amide bonds. The number of hydrogen-bond donors (Lipinski definition) is 0. The highest BCUT2D eigenvalue weighted by atomic mass is 32.2. The minimum atomic E-state index is -3.19. The van der Waals surface area contributed by atoms with E-state index in [1.807, 2.05) is 4.90 Å². The fourth-order valence-corrected chi connectivity index (χ4v) is 4.59. The summed E-state index contributed by atoms with van der Waals surface area (Å²) in [7, 11) is -3.19. The number of nitrogens with zero attached hydrogens (tertiary/aromatic N) is 2. The molecule has 3 fully saturated rings. The number of carbonyl (C=O) groups excluding carboxylic acids is 1. The van der Waals surface area contributed by atoms with E-state index in [2.05, 4.69) is 0 Å². The molecule has 0 aromatic heterocycles. The molecule has 0 N–H and O–H groups in total. The molecule has 0 radical (unpaired) electrons.